The topological polar surface area (TPSA) is 41.5 Å². The summed E-state index contributed by atoms with van der Waals surface area (Å²) >= 11 is 5.95. The van der Waals surface area contributed by atoms with Crippen LogP contribution in [0.4, 0.5) is 0 Å². The fourth-order valence-corrected chi connectivity index (χ4v) is 2.00. The molecule has 0 spiro atoms. The van der Waals surface area contributed by atoms with E-state index in [0.717, 1.165) is 11.3 Å². The van der Waals surface area contributed by atoms with Crippen molar-refractivity contribution in [1.29, 1.82) is 0 Å². The Labute approximate surface area is 123 Å². The lowest BCUT2D eigenvalue weighted by Gasteiger charge is -2.04. The molecule has 102 valence electrons. The smallest absolute Gasteiger partial charge is 0.267 e. The van der Waals surface area contributed by atoms with Crippen molar-refractivity contribution in [3.8, 4) is 0 Å². The first-order valence-electron chi connectivity index (χ1n) is 6.29. The van der Waals surface area contributed by atoms with E-state index in [-0.39, 0.29) is 5.91 Å². The largest absolute Gasteiger partial charge is 0.272 e. The fraction of sp³-hybridized carbons (Fsp3) is 0.125. The zero-order valence-corrected chi connectivity index (χ0v) is 11.9. The summed E-state index contributed by atoms with van der Waals surface area (Å²) in [6.07, 6.45) is 0.698. The van der Waals surface area contributed by atoms with E-state index >= 15 is 0 Å². The Balaban J connectivity index is 1.99. The maximum Gasteiger partial charge on any atom is 0.272 e. The predicted octanol–water partition coefficient (Wildman–Crippen LogP) is 3.69. The summed E-state index contributed by atoms with van der Waals surface area (Å²) in [6.45, 7) is 1.87. The van der Waals surface area contributed by atoms with Crippen LogP contribution in [0.15, 0.2) is 59.7 Å². The molecule has 0 saturated carbocycles. The van der Waals surface area contributed by atoms with Crippen LogP contribution < -0.4 is 5.43 Å². The highest BCUT2D eigenvalue weighted by atomic mass is 35.5. The van der Waals surface area contributed by atoms with Crippen LogP contribution in [-0.2, 0) is 6.42 Å². The lowest BCUT2D eigenvalue weighted by molar-refractivity contribution is 0.0955. The van der Waals surface area contributed by atoms with E-state index in [1.807, 2.05) is 37.3 Å². The molecule has 2 aromatic rings. The highest BCUT2D eigenvalue weighted by Gasteiger charge is 2.08. The van der Waals surface area contributed by atoms with Crippen molar-refractivity contribution >= 4 is 23.2 Å². The Bertz CT molecular complexity index is 623. The second-order valence-electron chi connectivity index (χ2n) is 4.43. The molecule has 0 bridgehead atoms. The SMILES string of the molecule is C/C(Cc1ccccc1)=N\NC(=O)c1ccccc1Cl. The number of halogens is 1. The summed E-state index contributed by atoms with van der Waals surface area (Å²) in [4.78, 5) is 11.9. The Kier molecular flexibility index (Phi) is 4.91. The van der Waals surface area contributed by atoms with Crippen LogP contribution in [0.1, 0.15) is 22.8 Å². The second kappa shape index (κ2) is 6.87. The first-order valence-corrected chi connectivity index (χ1v) is 6.66. The van der Waals surface area contributed by atoms with E-state index in [1.54, 1.807) is 24.3 Å². The number of nitrogens with one attached hydrogen (secondary N) is 1. The zero-order valence-electron chi connectivity index (χ0n) is 11.1. The van der Waals surface area contributed by atoms with Crippen molar-refractivity contribution in [1.82, 2.24) is 5.43 Å². The van der Waals surface area contributed by atoms with Gasteiger partial charge < -0.3 is 0 Å². The van der Waals surface area contributed by atoms with E-state index in [2.05, 4.69) is 10.5 Å². The average molecular weight is 287 g/mol. The van der Waals surface area contributed by atoms with Crippen molar-refractivity contribution in [2.75, 3.05) is 0 Å². The van der Waals surface area contributed by atoms with E-state index in [0.29, 0.717) is 17.0 Å². The molecular weight excluding hydrogens is 272 g/mol. The first-order chi connectivity index (χ1) is 9.66. The van der Waals surface area contributed by atoms with Crippen LogP contribution in [0.2, 0.25) is 5.02 Å². The quantitative estimate of drug-likeness (QED) is 0.676. The summed E-state index contributed by atoms with van der Waals surface area (Å²) in [5.41, 5.74) is 4.93. The van der Waals surface area contributed by atoms with Crippen LogP contribution in [0.25, 0.3) is 0 Å². The highest BCUT2D eigenvalue weighted by molar-refractivity contribution is 6.33. The van der Waals surface area contributed by atoms with Gasteiger partial charge in [0.2, 0.25) is 0 Å². The number of hydrogen-bond acceptors (Lipinski definition) is 2. The number of amides is 1. The molecule has 0 fully saturated rings. The van der Waals surface area contributed by atoms with Gasteiger partial charge >= 0.3 is 0 Å². The number of carbonyl (C=O) groups excluding carboxylic acids is 1. The molecule has 1 N–H and O–H groups in total. The molecule has 0 aromatic heterocycles. The standard InChI is InChI=1S/C16H15ClN2O/c1-12(11-13-7-3-2-4-8-13)18-19-16(20)14-9-5-6-10-15(14)17/h2-10H,11H2,1H3,(H,19,20)/b18-12+. The Morgan fingerprint density at radius 1 is 1.10 bits per heavy atom. The van der Waals surface area contributed by atoms with Crippen LogP contribution in [-0.4, -0.2) is 11.6 Å². The van der Waals surface area contributed by atoms with Crippen molar-refractivity contribution in [2.24, 2.45) is 5.10 Å². The molecule has 0 aliphatic rings. The van der Waals surface area contributed by atoms with Crippen LogP contribution in [0.5, 0.6) is 0 Å². The van der Waals surface area contributed by atoms with Crippen LogP contribution in [0.3, 0.4) is 0 Å². The number of hydrazone groups is 1. The van der Waals surface area contributed by atoms with E-state index in [1.165, 1.54) is 0 Å². The van der Waals surface area contributed by atoms with Gasteiger partial charge in [-0.1, -0.05) is 54.1 Å². The van der Waals surface area contributed by atoms with Crippen molar-refractivity contribution < 1.29 is 4.79 Å². The monoisotopic (exact) mass is 286 g/mol. The minimum absolute atomic E-state index is 0.303. The predicted molar refractivity (Wildman–Crippen MR) is 82.2 cm³/mol. The minimum Gasteiger partial charge on any atom is -0.267 e. The lowest BCUT2D eigenvalue weighted by atomic mass is 10.1. The molecule has 4 heteroatoms. The zero-order chi connectivity index (χ0) is 14.4. The summed E-state index contributed by atoms with van der Waals surface area (Å²) in [5.74, 6) is -0.303. The third-order valence-electron chi connectivity index (χ3n) is 2.77. The van der Waals surface area contributed by atoms with Gasteiger partial charge in [0.25, 0.3) is 5.91 Å². The maximum atomic E-state index is 11.9. The van der Waals surface area contributed by atoms with Crippen molar-refractivity contribution in [2.45, 2.75) is 13.3 Å². The molecule has 0 radical (unpaired) electrons. The lowest BCUT2D eigenvalue weighted by Crippen LogP contribution is -2.19. The minimum atomic E-state index is -0.303. The summed E-state index contributed by atoms with van der Waals surface area (Å²) in [6, 6.07) is 16.9. The molecule has 0 aliphatic carbocycles. The maximum absolute atomic E-state index is 11.9. The van der Waals surface area contributed by atoms with Gasteiger partial charge in [-0.2, -0.15) is 5.10 Å². The van der Waals surface area contributed by atoms with Gasteiger partial charge in [0.05, 0.1) is 10.6 Å². The molecular formula is C16H15ClN2O. The average Bonchev–Trinajstić information content (AvgIpc) is 2.46. The van der Waals surface area contributed by atoms with E-state index in [9.17, 15) is 4.79 Å². The summed E-state index contributed by atoms with van der Waals surface area (Å²) in [7, 11) is 0. The van der Waals surface area contributed by atoms with E-state index in [4.69, 9.17) is 11.6 Å². The third kappa shape index (κ3) is 3.93. The summed E-state index contributed by atoms with van der Waals surface area (Å²) < 4.78 is 0. The van der Waals surface area contributed by atoms with Crippen LogP contribution >= 0.6 is 11.6 Å². The van der Waals surface area contributed by atoms with Crippen LogP contribution in [0, 0.1) is 0 Å². The molecule has 0 saturated heterocycles. The normalized spacial score (nSPS) is 11.2. The molecule has 3 nitrogen and oxygen atoms in total. The summed E-state index contributed by atoms with van der Waals surface area (Å²) in [5, 5.41) is 4.51. The number of benzene rings is 2. The molecule has 0 atom stereocenters. The number of hydrogen-bond donors (Lipinski definition) is 1. The third-order valence-corrected chi connectivity index (χ3v) is 3.10. The highest BCUT2D eigenvalue weighted by Crippen LogP contribution is 2.14. The van der Waals surface area contributed by atoms with Gasteiger partial charge in [-0.25, -0.2) is 5.43 Å². The first kappa shape index (κ1) is 14.3. The van der Waals surface area contributed by atoms with Gasteiger partial charge in [-0.15, -0.1) is 0 Å². The fourth-order valence-electron chi connectivity index (χ4n) is 1.78. The molecule has 0 heterocycles. The van der Waals surface area contributed by atoms with Gasteiger partial charge in [-0.05, 0) is 24.6 Å². The molecule has 1 amide bonds. The molecule has 0 aliphatic heterocycles. The number of rotatable bonds is 4. The molecule has 0 unspecified atom stereocenters. The second-order valence-corrected chi connectivity index (χ2v) is 4.84. The molecule has 2 rings (SSSR count). The van der Waals surface area contributed by atoms with Gasteiger partial charge in [0.15, 0.2) is 0 Å². The van der Waals surface area contributed by atoms with Crippen molar-refractivity contribution in [3.05, 3.63) is 70.7 Å². The van der Waals surface area contributed by atoms with Gasteiger partial charge in [0.1, 0.15) is 0 Å². The molecule has 2 aromatic carbocycles. The number of carbonyl (C=O) groups is 1. The Morgan fingerprint density at radius 2 is 1.75 bits per heavy atom. The van der Waals surface area contributed by atoms with Crippen molar-refractivity contribution in [3.63, 3.8) is 0 Å². The van der Waals surface area contributed by atoms with E-state index < -0.39 is 0 Å². The molecule has 20 heavy (non-hydrogen) atoms. The number of nitrogens with zero attached hydrogens (tertiary/aromatic N) is 1. The van der Waals surface area contributed by atoms with Gasteiger partial charge in [-0.3, -0.25) is 4.79 Å². The van der Waals surface area contributed by atoms with Gasteiger partial charge in [0, 0.05) is 12.1 Å². The Hall–Kier alpha value is -2.13. The Morgan fingerprint density at radius 3 is 2.45 bits per heavy atom.